The molecule has 2 aliphatic rings. The zero-order chi connectivity index (χ0) is 27.8. The van der Waals surface area contributed by atoms with Gasteiger partial charge in [0, 0.05) is 54.6 Å². The second kappa shape index (κ2) is 11.1. The fraction of sp³-hybridized carbons (Fsp3) is 0.207. The summed E-state index contributed by atoms with van der Waals surface area (Å²) >= 11 is 6.69. The van der Waals surface area contributed by atoms with Gasteiger partial charge in [-0.15, -0.1) is 27.2 Å². The zero-order valence-corrected chi connectivity index (χ0v) is 25.1. The SMILES string of the molecule is O=C1N(Br)c2ccccc2C(CN2CCOCC2)[N+]1(c1csc(-c2ccncc2)n1)c1csc(-c2ccncc2)n1. The minimum Gasteiger partial charge on any atom is -0.379 e. The van der Waals surface area contributed by atoms with Gasteiger partial charge in [0.05, 0.1) is 52.4 Å². The molecule has 2 amide bonds. The molecule has 2 aliphatic heterocycles. The number of benzene rings is 1. The molecule has 1 saturated heterocycles. The van der Waals surface area contributed by atoms with Crippen LogP contribution in [0.4, 0.5) is 22.1 Å². The smallest absolute Gasteiger partial charge is 0.379 e. The molecule has 9 nitrogen and oxygen atoms in total. The Morgan fingerprint density at radius 2 is 1.41 bits per heavy atom. The molecule has 206 valence electrons. The normalized spacial score (nSPS) is 18.8. The molecular formula is C29H25BrN7O2S2+. The maximum atomic E-state index is 14.9. The second-order valence-electron chi connectivity index (χ2n) is 9.77. The number of morpholine rings is 1. The van der Waals surface area contributed by atoms with Crippen LogP contribution in [-0.2, 0) is 4.74 Å². The fourth-order valence-corrected chi connectivity index (χ4v) is 7.80. The summed E-state index contributed by atoms with van der Waals surface area (Å²) in [5.74, 6) is 1.27. The Kier molecular flexibility index (Phi) is 7.19. The van der Waals surface area contributed by atoms with Gasteiger partial charge in [-0.3, -0.25) is 14.9 Å². The summed E-state index contributed by atoms with van der Waals surface area (Å²) < 4.78 is 7.06. The van der Waals surface area contributed by atoms with E-state index in [2.05, 4.69) is 37.1 Å². The van der Waals surface area contributed by atoms with E-state index in [0.29, 0.717) is 31.4 Å². The van der Waals surface area contributed by atoms with Crippen molar-refractivity contribution in [3.05, 3.63) is 89.6 Å². The average Bonchev–Trinajstić information content (AvgIpc) is 3.73. The summed E-state index contributed by atoms with van der Waals surface area (Å²) in [5, 5.41) is 5.64. The number of urea groups is 1. The van der Waals surface area contributed by atoms with Crippen molar-refractivity contribution in [3.8, 4) is 21.1 Å². The highest BCUT2D eigenvalue weighted by Crippen LogP contribution is 2.53. The van der Waals surface area contributed by atoms with Gasteiger partial charge < -0.3 is 4.74 Å². The standard InChI is InChI=1S/C29H25BrN7O2S2/c30-36-23-4-2-1-3-22(23)24(17-35-13-15-39-16-14-35)37(29(36)38,25-18-40-27(33-25)20-5-9-31-10-6-20)26-19-41-28(34-26)21-7-11-32-12-8-21/h1-12,18-19,24H,13-17H2/q+1. The number of rotatable bonds is 6. The lowest BCUT2D eigenvalue weighted by Crippen LogP contribution is -2.62. The van der Waals surface area contributed by atoms with Crippen LogP contribution >= 0.6 is 38.8 Å². The first-order valence-electron chi connectivity index (χ1n) is 13.2. The van der Waals surface area contributed by atoms with Crippen molar-refractivity contribution in [2.45, 2.75) is 6.04 Å². The fourth-order valence-electron chi connectivity index (χ4n) is 5.52. The summed E-state index contributed by atoms with van der Waals surface area (Å²) in [4.78, 5) is 35.9. The lowest BCUT2D eigenvalue weighted by atomic mass is 9.96. The van der Waals surface area contributed by atoms with Crippen molar-refractivity contribution in [3.63, 3.8) is 0 Å². The summed E-state index contributed by atoms with van der Waals surface area (Å²) in [6, 6.07) is 15.4. The van der Waals surface area contributed by atoms with Gasteiger partial charge in [-0.2, -0.15) is 13.9 Å². The number of thiazole rings is 2. The Bertz CT molecular complexity index is 1600. The molecule has 0 spiro atoms. The van der Waals surface area contributed by atoms with E-state index in [1.165, 1.54) is 22.7 Å². The van der Waals surface area contributed by atoms with E-state index in [4.69, 9.17) is 14.7 Å². The first kappa shape index (κ1) is 26.5. The number of carbonyl (C=O) groups is 1. The van der Waals surface area contributed by atoms with Crippen LogP contribution in [0.2, 0.25) is 0 Å². The molecule has 0 aliphatic carbocycles. The van der Waals surface area contributed by atoms with E-state index in [1.807, 2.05) is 53.2 Å². The van der Waals surface area contributed by atoms with Crippen molar-refractivity contribution in [1.82, 2.24) is 29.3 Å². The highest BCUT2D eigenvalue weighted by molar-refractivity contribution is 9.10. The molecular weight excluding hydrogens is 622 g/mol. The third-order valence-corrected chi connectivity index (χ3v) is 9.98. The molecule has 7 rings (SSSR count). The quantitative estimate of drug-likeness (QED) is 0.150. The molecule has 0 radical (unpaired) electrons. The number of aromatic nitrogens is 4. The predicted octanol–water partition coefficient (Wildman–Crippen LogP) is 6.69. The van der Waals surface area contributed by atoms with Gasteiger partial charge in [0.1, 0.15) is 10.0 Å². The number of fused-ring (bicyclic) bond motifs is 1. The topological polar surface area (TPSA) is 84.3 Å². The number of halogens is 1. The lowest BCUT2D eigenvalue weighted by molar-refractivity contribution is 0.0292. The van der Waals surface area contributed by atoms with Crippen LogP contribution in [0.25, 0.3) is 21.1 Å². The number of nitrogens with zero attached hydrogens (tertiary/aromatic N) is 7. The van der Waals surface area contributed by atoms with Crippen molar-refractivity contribution >= 4 is 62.2 Å². The van der Waals surface area contributed by atoms with E-state index in [-0.39, 0.29) is 16.6 Å². The average molecular weight is 648 g/mol. The van der Waals surface area contributed by atoms with E-state index < -0.39 is 0 Å². The van der Waals surface area contributed by atoms with E-state index in [0.717, 1.165) is 45.5 Å². The molecule has 1 fully saturated rings. The van der Waals surface area contributed by atoms with Crippen LogP contribution in [-0.4, -0.2) is 63.7 Å². The van der Waals surface area contributed by atoms with Crippen LogP contribution in [0.3, 0.4) is 0 Å². The molecule has 6 heterocycles. The first-order valence-corrected chi connectivity index (χ1v) is 15.6. The maximum absolute atomic E-state index is 14.9. The molecule has 0 N–H and O–H groups in total. The van der Waals surface area contributed by atoms with Gasteiger partial charge in [0.25, 0.3) is 11.6 Å². The van der Waals surface area contributed by atoms with Crippen LogP contribution in [0.5, 0.6) is 0 Å². The van der Waals surface area contributed by atoms with E-state index in [1.54, 1.807) is 28.7 Å². The highest BCUT2D eigenvalue weighted by Gasteiger charge is 2.59. The third-order valence-electron chi connectivity index (χ3n) is 7.54. The molecule has 1 unspecified atom stereocenters. The summed E-state index contributed by atoms with van der Waals surface area (Å²) in [7, 11) is 0. The monoisotopic (exact) mass is 646 g/mol. The lowest BCUT2D eigenvalue weighted by Gasteiger charge is -2.45. The van der Waals surface area contributed by atoms with Crippen LogP contribution < -0.4 is 8.41 Å². The number of hydrogen-bond donors (Lipinski definition) is 0. The largest absolute Gasteiger partial charge is 0.447 e. The summed E-state index contributed by atoms with van der Waals surface area (Å²) in [6.07, 6.45) is 7.02. The van der Waals surface area contributed by atoms with E-state index >= 15 is 0 Å². The minimum absolute atomic E-state index is 0.167. The van der Waals surface area contributed by atoms with E-state index in [9.17, 15) is 4.79 Å². The molecule has 1 aromatic carbocycles. The maximum Gasteiger partial charge on any atom is 0.447 e. The van der Waals surface area contributed by atoms with Gasteiger partial charge in [-0.05, 0) is 30.3 Å². The number of hydrogen-bond acceptors (Lipinski definition) is 9. The number of pyridine rings is 2. The number of para-hydroxylation sites is 1. The molecule has 0 bridgehead atoms. The molecule has 4 aromatic heterocycles. The zero-order valence-electron chi connectivity index (χ0n) is 21.8. The van der Waals surface area contributed by atoms with Crippen molar-refractivity contribution < 1.29 is 9.53 Å². The summed E-state index contributed by atoms with van der Waals surface area (Å²) in [6.45, 7) is 3.56. The van der Waals surface area contributed by atoms with Gasteiger partial charge >= 0.3 is 6.03 Å². The van der Waals surface area contributed by atoms with Gasteiger partial charge in [0.2, 0.25) is 0 Å². The van der Waals surface area contributed by atoms with Crippen molar-refractivity contribution in [1.29, 1.82) is 0 Å². The minimum atomic E-state index is -0.301. The highest BCUT2D eigenvalue weighted by atomic mass is 79.9. The first-order chi connectivity index (χ1) is 20.2. The molecule has 41 heavy (non-hydrogen) atoms. The van der Waals surface area contributed by atoms with Gasteiger partial charge in [0.15, 0.2) is 6.04 Å². The number of amides is 2. The number of carbonyl (C=O) groups excluding carboxylic acids is 1. The molecule has 0 saturated carbocycles. The third kappa shape index (κ3) is 4.60. The van der Waals surface area contributed by atoms with Gasteiger partial charge in [-0.1, -0.05) is 18.2 Å². The Morgan fingerprint density at radius 3 is 2.00 bits per heavy atom. The van der Waals surface area contributed by atoms with Crippen LogP contribution in [0.1, 0.15) is 11.6 Å². The Hall–Kier alpha value is -3.39. The Labute approximate surface area is 253 Å². The molecule has 12 heteroatoms. The Balaban J connectivity index is 1.46. The Morgan fingerprint density at radius 1 is 0.854 bits per heavy atom. The van der Waals surface area contributed by atoms with Crippen molar-refractivity contribution in [2.75, 3.05) is 36.8 Å². The predicted molar refractivity (Wildman–Crippen MR) is 165 cm³/mol. The van der Waals surface area contributed by atoms with Crippen LogP contribution in [0.15, 0.2) is 84.1 Å². The number of anilines is 1. The van der Waals surface area contributed by atoms with Crippen LogP contribution in [0, 0.1) is 0 Å². The number of quaternary nitrogens is 1. The summed E-state index contributed by atoms with van der Waals surface area (Å²) in [5.41, 5.74) is 3.79. The van der Waals surface area contributed by atoms with Gasteiger partial charge in [-0.25, -0.2) is 4.79 Å². The molecule has 1 atom stereocenters. The number of ether oxygens (including phenoxy) is 1. The second-order valence-corrected chi connectivity index (χ2v) is 12.2. The molecule has 5 aromatic rings. The van der Waals surface area contributed by atoms with Crippen molar-refractivity contribution in [2.24, 2.45) is 0 Å².